The van der Waals surface area contributed by atoms with Crippen molar-refractivity contribution in [2.24, 2.45) is 9.98 Å². The van der Waals surface area contributed by atoms with E-state index in [0.717, 1.165) is 42.1 Å². The number of allylic oxidation sites excluding steroid dienone is 2. The summed E-state index contributed by atoms with van der Waals surface area (Å²) in [6, 6.07) is 17.3. The maximum absolute atomic E-state index is 5.04. The zero-order valence-corrected chi connectivity index (χ0v) is 29.6. The minimum atomic E-state index is 0. The van der Waals surface area contributed by atoms with Gasteiger partial charge in [0.25, 0.3) is 0 Å². The largest absolute Gasteiger partial charge is 0.252 e. The van der Waals surface area contributed by atoms with Gasteiger partial charge in [0.1, 0.15) is 0 Å². The molecule has 3 heteroatoms. The molecule has 246 valence electrons. The fourth-order valence-electron chi connectivity index (χ4n) is 5.27. The Morgan fingerprint density at radius 1 is 0.500 bits per heavy atom. The van der Waals surface area contributed by atoms with Gasteiger partial charge in [-0.15, -0.1) is 0 Å². The Balaban J connectivity index is 0.00000968. The van der Waals surface area contributed by atoms with Crippen LogP contribution in [0.4, 0.5) is 11.4 Å². The van der Waals surface area contributed by atoms with Crippen LogP contribution in [0.25, 0.3) is 12.2 Å². The van der Waals surface area contributed by atoms with Crippen molar-refractivity contribution in [3.05, 3.63) is 71.8 Å². The maximum Gasteiger partial charge on any atom is 0.0634 e. The van der Waals surface area contributed by atoms with Gasteiger partial charge < -0.3 is 0 Å². The third-order valence-electron chi connectivity index (χ3n) is 8.10. The monoisotopic (exact) mass is 640 g/mol. The van der Waals surface area contributed by atoms with E-state index in [0.29, 0.717) is 0 Å². The van der Waals surface area contributed by atoms with E-state index >= 15 is 0 Å². The first-order valence-electron chi connectivity index (χ1n) is 17.8. The second-order valence-electron chi connectivity index (χ2n) is 12.2. The first-order chi connectivity index (χ1) is 21.2. The van der Waals surface area contributed by atoms with Crippen LogP contribution in [0, 0.1) is 0 Å². The topological polar surface area (TPSA) is 24.7 Å². The van der Waals surface area contributed by atoms with Crippen LogP contribution >= 0.6 is 0 Å². The molecule has 0 unspecified atom stereocenters. The smallest absolute Gasteiger partial charge is 0.0634 e. The number of unbranched alkanes of at least 4 members (excludes halogenated alkanes) is 15. The number of rotatable bonds is 24. The molecule has 0 aliphatic carbocycles. The Morgan fingerprint density at radius 2 is 0.886 bits per heavy atom. The van der Waals surface area contributed by atoms with Crippen LogP contribution in [-0.4, -0.2) is 11.4 Å². The van der Waals surface area contributed by atoms with E-state index in [9.17, 15) is 0 Å². The quantitative estimate of drug-likeness (QED) is 0.0619. The number of aliphatic imine (C=N–C) groups is 2. The molecule has 0 fully saturated rings. The fraction of sp³-hybridized carbons (Fsp3) is 0.561. The molecule has 0 aromatic heterocycles. The average Bonchev–Trinajstić information content (AvgIpc) is 3.03. The molecule has 0 spiro atoms. The molecule has 44 heavy (non-hydrogen) atoms. The Labute approximate surface area is 282 Å². The molecule has 2 nitrogen and oxygen atoms in total. The second kappa shape index (κ2) is 27.1. The summed E-state index contributed by atoms with van der Waals surface area (Å²) in [6.07, 6.45) is 33.8. The van der Waals surface area contributed by atoms with Crippen molar-refractivity contribution in [2.75, 3.05) is 0 Å². The zero-order valence-electron chi connectivity index (χ0n) is 28.6. The van der Waals surface area contributed by atoms with Crippen LogP contribution in [0.1, 0.15) is 161 Å². The van der Waals surface area contributed by atoms with Gasteiger partial charge in [0.15, 0.2) is 0 Å². The van der Waals surface area contributed by atoms with Crippen molar-refractivity contribution in [1.82, 2.24) is 0 Å². The van der Waals surface area contributed by atoms with Crippen LogP contribution in [0.2, 0.25) is 0 Å². The molecule has 2 rings (SSSR count). The molecule has 0 bridgehead atoms. The van der Waals surface area contributed by atoms with Gasteiger partial charge in [0.2, 0.25) is 0 Å². The molecule has 0 aliphatic heterocycles. The molecular weight excluding hydrogens is 579 g/mol. The minimum Gasteiger partial charge on any atom is -0.252 e. The van der Waals surface area contributed by atoms with Gasteiger partial charge in [-0.25, -0.2) is 0 Å². The SMILES string of the molecule is CCCCCCCCCC=Cc1ccc(N=C(C)C(CCCC)=Nc2ccc(C=CCCCCCCCCC)cc2)cc1.[Ni]. The minimum absolute atomic E-state index is 0. The average molecular weight is 642 g/mol. The molecule has 0 radical (unpaired) electrons. The maximum atomic E-state index is 5.04. The third-order valence-corrected chi connectivity index (χ3v) is 8.10. The third kappa shape index (κ3) is 19.2. The summed E-state index contributed by atoms with van der Waals surface area (Å²) < 4.78 is 0. The second-order valence-corrected chi connectivity index (χ2v) is 12.2. The Bertz CT molecular complexity index is 1080. The van der Waals surface area contributed by atoms with Gasteiger partial charge in [0.05, 0.1) is 22.8 Å². The van der Waals surface area contributed by atoms with Gasteiger partial charge >= 0.3 is 0 Å². The Morgan fingerprint density at radius 3 is 1.32 bits per heavy atom. The predicted molar refractivity (Wildman–Crippen MR) is 196 cm³/mol. The van der Waals surface area contributed by atoms with E-state index in [4.69, 9.17) is 9.98 Å². The standard InChI is InChI=1S/C41H62N2.Ni/c1-5-8-11-13-15-17-19-21-23-25-37-28-32-39(33-29-37)42-36(4)41(27-10-7-3)43-40-34-30-38(31-35-40)26-24-22-20-18-16-14-12-9-6-2;/h23-26,28-35H,5-22,27H2,1-4H3;. The molecule has 0 saturated carbocycles. The van der Waals surface area contributed by atoms with Gasteiger partial charge in [-0.1, -0.05) is 153 Å². The number of hydrogen-bond donors (Lipinski definition) is 0. The molecule has 2 aromatic carbocycles. The van der Waals surface area contributed by atoms with E-state index in [1.807, 2.05) is 0 Å². The summed E-state index contributed by atoms with van der Waals surface area (Å²) in [6.45, 7) is 8.89. The van der Waals surface area contributed by atoms with Crippen molar-refractivity contribution in [3.8, 4) is 0 Å². The van der Waals surface area contributed by atoms with Gasteiger partial charge in [0, 0.05) is 16.5 Å². The van der Waals surface area contributed by atoms with Crippen molar-refractivity contribution in [3.63, 3.8) is 0 Å². The van der Waals surface area contributed by atoms with E-state index < -0.39 is 0 Å². The summed E-state index contributed by atoms with van der Waals surface area (Å²) in [5.74, 6) is 0. The molecule has 2 aromatic rings. The number of nitrogens with zero attached hydrogens (tertiary/aromatic N) is 2. The van der Waals surface area contributed by atoms with Crippen LogP contribution in [0.3, 0.4) is 0 Å². The number of hydrogen-bond acceptors (Lipinski definition) is 2. The van der Waals surface area contributed by atoms with Crippen LogP contribution in [0.5, 0.6) is 0 Å². The molecule has 0 atom stereocenters. The summed E-state index contributed by atoms with van der Waals surface area (Å²) in [5.41, 5.74) is 6.59. The summed E-state index contributed by atoms with van der Waals surface area (Å²) in [5, 5.41) is 0. The molecule has 0 aliphatic rings. The van der Waals surface area contributed by atoms with Crippen molar-refractivity contribution < 1.29 is 16.5 Å². The predicted octanol–water partition coefficient (Wildman–Crippen LogP) is 14.0. The molecular formula is C41H62N2Ni. The molecule has 0 amide bonds. The first kappa shape index (κ1) is 39.8. The van der Waals surface area contributed by atoms with E-state index in [1.165, 1.54) is 114 Å². The van der Waals surface area contributed by atoms with Crippen molar-refractivity contribution >= 4 is 35.0 Å². The van der Waals surface area contributed by atoms with Crippen molar-refractivity contribution in [2.45, 2.75) is 150 Å². The van der Waals surface area contributed by atoms with Gasteiger partial charge in [-0.3, -0.25) is 9.98 Å². The van der Waals surface area contributed by atoms with Gasteiger partial charge in [-0.05, 0) is 80.8 Å². The summed E-state index contributed by atoms with van der Waals surface area (Å²) in [4.78, 5) is 9.99. The zero-order chi connectivity index (χ0) is 30.8. The van der Waals surface area contributed by atoms with Gasteiger partial charge in [-0.2, -0.15) is 0 Å². The Kier molecular flexibility index (Phi) is 24.5. The van der Waals surface area contributed by atoms with Crippen LogP contribution in [-0.2, 0) is 16.5 Å². The van der Waals surface area contributed by atoms with Crippen LogP contribution < -0.4 is 0 Å². The summed E-state index contributed by atoms with van der Waals surface area (Å²) >= 11 is 0. The molecule has 0 N–H and O–H groups in total. The fourth-order valence-corrected chi connectivity index (χ4v) is 5.27. The van der Waals surface area contributed by atoms with Crippen LogP contribution in [0.15, 0.2) is 70.7 Å². The van der Waals surface area contributed by atoms with Crippen molar-refractivity contribution in [1.29, 1.82) is 0 Å². The number of benzene rings is 2. The normalized spacial score (nSPS) is 12.4. The van der Waals surface area contributed by atoms with E-state index in [2.05, 4.69) is 101 Å². The first-order valence-corrected chi connectivity index (χ1v) is 17.8. The summed E-state index contributed by atoms with van der Waals surface area (Å²) in [7, 11) is 0. The Hall–Kier alpha value is -2.25. The van der Waals surface area contributed by atoms with E-state index in [1.54, 1.807) is 0 Å². The molecule has 0 heterocycles. The molecule has 0 saturated heterocycles. The van der Waals surface area contributed by atoms with E-state index in [-0.39, 0.29) is 16.5 Å².